The molecular formula is C35H44N6O2. The number of anilines is 1. The van der Waals surface area contributed by atoms with Gasteiger partial charge in [-0.2, -0.15) is 9.61 Å². The molecule has 8 heteroatoms. The van der Waals surface area contributed by atoms with E-state index in [1.165, 1.54) is 7.11 Å². The van der Waals surface area contributed by atoms with Crippen LogP contribution in [0.15, 0.2) is 55.6 Å². The quantitative estimate of drug-likeness (QED) is 0.142. The molecule has 1 aliphatic heterocycles. The monoisotopic (exact) mass is 580 g/mol. The molecule has 1 aromatic carbocycles. The van der Waals surface area contributed by atoms with E-state index in [4.69, 9.17) is 19.8 Å². The summed E-state index contributed by atoms with van der Waals surface area (Å²) in [4.78, 5) is 24.7. The van der Waals surface area contributed by atoms with E-state index in [2.05, 4.69) is 67.7 Å². The molecule has 226 valence electrons. The van der Waals surface area contributed by atoms with Crippen molar-refractivity contribution in [2.45, 2.75) is 72.6 Å². The van der Waals surface area contributed by atoms with Crippen molar-refractivity contribution in [3.05, 3.63) is 84.1 Å². The van der Waals surface area contributed by atoms with Gasteiger partial charge >= 0.3 is 5.97 Å². The van der Waals surface area contributed by atoms with Crippen molar-refractivity contribution in [2.75, 3.05) is 25.1 Å². The van der Waals surface area contributed by atoms with Crippen LogP contribution in [0.5, 0.6) is 0 Å². The molecule has 43 heavy (non-hydrogen) atoms. The van der Waals surface area contributed by atoms with Gasteiger partial charge in [-0.05, 0) is 70.4 Å². The molecule has 1 fully saturated rings. The maximum atomic E-state index is 12.5. The number of rotatable bonds is 11. The predicted molar refractivity (Wildman–Crippen MR) is 173 cm³/mol. The van der Waals surface area contributed by atoms with Crippen molar-refractivity contribution in [1.29, 1.82) is 0 Å². The Labute approximate surface area is 255 Å². The van der Waals surface area contributed by atoms with Gasteiger partial charge in [-0.25, -0.2) is 9.97 Å². The number of hydrogen-bond donors (Lipinski definition) is 0. The van der Waals surface area contributed by atoms with Gasteiger partial charge in [0.1, 0.15) is 11.6 Å². The molecule has 1 aliphatic rings. The van der Waals surface area contributed by atoms with Crippen molar-refractivity contribution >= 4 is 17.4 Å². The minimum Gasteiger partial charge on any atom is -0.469 e. The molecule has 0 bridgehead atoms. The summed E-state index contributed by atoms with van der Waals surface area (Å²) >= 11 is 0. The fourth-order valence-electron chi connectivity index (χ4n) is 6.21. The Morgan fingerprint density at radius 3 is 2.49 bits per heavy atom. The third-order valence-electron chi connectivity index (χ3n) is 9.04. The van der Waals surface area contributed by atoms with E-state index in [-0.39, 0.29) is 17.8 Å². The molecule has 4 aromatic rings. The first-order valence-corrected chi connectivity index (χ1v) is 15.3. The summed E-state index contributed by atoms with van der Waals surface area (Å²) in [6.45, 7) is 18.1. The second-order valence-electron chi connectivity index (χ2n) is 12.1. The molecule has 0 N–H and O–H groups in total. The number of allylic oxidation sites excluding steroid dienone is 2. The first-order valence-electron chi connectivity index (χ1n) is 15.3. The molecule has 1 saturated heterocycles. The van der Waals surface area contributed by atoms with Crippen LogP contribution in [0.4, 0.5) is 5.82 Å². The second kappa shape index (κ2) is 12.6. The molecule has 0 radical (unpaired) electrons. The highest BCUT2D eigenvalue weighted by Crippen LogP contribution is 2.39. The largest absolute Gasteiger partial charge is 0.469 e. The molecule has 0 aliphatic carbocycles. The third kappa shape index (κ3) is 6.14. The second-order valence-corrected chi connectivity index (χ2v) is 12.1. The fourth-order valence-corrected chi connectivity index (χ4v) is 6.21. The predicted octanol–water partition coefficient (Wildman–Crippen LogP) is 6.91. The van der Waals surface area contributed by atoms with Crippen LogP contribution < -0.4 is 4.90 Å². The standard InChI is InChI=1S/C35H44N6O2/c1-8-10-15-31-36-24(3)26(5)40(31)28-14-12-13-27(21-28)30-23-32-37-25(4)29(22-33(42)43-7)34(41(32)38-30)39-19-17-35(6,18-20-39)16-11-9-2/h8-9,12-14,21,23H,1-2,10-11,15-20,22H2,3-7H3. The van der Waals surface area contributed by atoms with E-state index in [1.807, 2.05) is 29.7 Å². The van der Waals surface area contributed by atoms with E-state index in [0.717, 1.165) is 108 Å². The van der Waals surface area contributed by atoms with Crippen molar-refractivity contribution in [3.8, 4) is 16.9 Å². The molecular weight excluding hydrogens is 536 g/mol. The Hall–Kier alpha value is -4.20. The number of nitrogens with zero attached hydrogens (tertiary/aromatic N) is 6. The van der Waals surface area contributed by atoms with Crippen LogP contribution in [0.25, 0.3) is 22.6 Å². The zero-order valence-corrected chi connectivity index (χ0v) is 26.3. The van der Waals surface area contributed by atoms with E-state index in [9.17, 15) is 4.79 Å². The van der Waals surface area contributed by atoms with Crippen LogP contribution in [0, 0.1) is 26.2 Å². The fraction of sp³-hybridized carbons (Fsp3) is 0.429. The van der Waals surface area contributed by atoms with Gasteiger partial charge in [0.15, 0.2) is 5.65 Å². The van der Waals surface area contributed by atoms with Crippen molar-refractivity contribution in [3.63, 3.8) is 0 Å². The summed E-state index contributed by atoms with van der Waals surface area (Å²) in [5.41, 5.74) is 7.78. The van der Waals surface area contributed by atoms with Gasteiger partial charge in [-0.15, -0.1) is 13.2 Å². The number of piperidine rings is 1. The number of carbonyl (C=O) groups excluding carboxylic acids is 1. The third-order valence-corrected chi connectivity index (χ3v) is 9.04. The summed E-state index contributed by atoms with van der Waals surface area (Å²) in [6.07, 6.45) is 10.1. The Kier molecular flexibility index (Phi) is 8.85. The number of esters is 1. The van der Waals surface area contributed by atoms with Gasteiger partial charge in [0.25, 0.3) is 0 Å². The molecule has 0 spiro atoms. The van der Waals surface area contributed by atoms with Crippen LogP contribution in [-0.2, 0) is 22.4 Å². The van der Waals surface area contributed by atoms with Crippen molar-refractivity contribution in [2.24, 2.45) is 5.41 Å². The number of fused-ring (bicyclic) bond motifs is 1. The molecule has 0 unspecified atom stereocenters. The average Bonchev–Trinajstić information content (AvgIpc) is 3.55. The van der Waals surface area contributed by atoms with Gasteiger partial charge in [0.05, 0.1) is 24.9 Å². The number of carbonyl (C=O) groups is 1. The van der Waals surface area contributed by atoms with Gasteiger partial charge in [-0.1, -0.05) is 31.2 Å². The van der Waals surface area contributed by atoms with Crippen LogP contribution in [0.3, 0.4) is 0 Å². The number of benzene rings is 1. The van der Waals surface area contributed by atoms with Crippen LogP contribution in [0.2, 0.25) is 0 Å². The summed E-state index contributed by atoms with van der Waals surface area (Å²) in [6, 6.07) is 10.5. The summed E-state index contributed by atoms with van der Waals surface area (Å²) < 4.78 is 9.24. The Bertz CT molecular complexity index is 1650. The lowest BCUT2D eigenvalue weighted by Gasteiger charge is -2.41. The molecule has 0 saturated carbocycles. The minimum absolute atomic E-state index is 0.155. The zero-order chi connectivity index (χ0) is 30.7. The first-order chi connectivity index (χ1) is 20.7. The number of methoxy groups -OCH3 is 1. The minimum atomic E-state index is -0.281. The summed E-state index contributed by atoms with van der Waals surface area (Å²) in [7, 11) is 1.43. The van der Waals surface area contributed by atoms with E-state index in [0.29, 0.717) is 0 Å². The van der Waals surface area contributed by atoms with Crippen molar-refractivity contribution < 1.29 is 9.53 Å². The van der Waals surface area contributed by atoms with Crippen LogP contribution in [0.1, 0.15) is 67.5 Å². The molecule has 0 amide bonds. The molecule has 8 nitrogen and oxygen atoms in total. The summed E-state index contributed by atoms with van der Waals surface area (Å²) in [5.74, 6) is 1.69. The SMILES string of the molecule is C=CCCc1nc(C)c(C)n1-c1cccc(-c2cc3nc(C)c(CC(=O)OC)c(N4CCC(C)(CCC=C)CC4)n3n2)c1. The lowest BCUT2D eigenvalue weighted by atomic mass is 9.76. The average molecular weight is 581 g/mol. The Morgan fingerprint density at radius 1 is 1.05 bits per heavy atom. The molecule has 0 atom stereocenters. The molecule has 5 rings (SSSR count). The maximum Gasteiger partial charge on any atom is 0.310 e. The number of aryl methyl sites for hydroxylation is 3. The smallest absolute Gasteiger partial charge is 0.310 e. The van der Waals surface area contributed by atoms with Gasteiger partial charge in [0.2, 0.25) is 0 Å². The topological polar surface area (TPSA) is 77.6 Å². The van der Waals surface area contributed by atoms with E-state index < -0.39 is 0 Å². The maximum absolute atomic E-state index is 12.5. The Morgan fingerprint density at radius 2 is 1.79 bits per heavy atom. The normalized spacial score (nSPS) is 14.7. The van der Waals surface area contributed by atoms with Gasteiger partial charge in [0, 0.05) is 53.8 Å². The first kappa shape index (κ1) is 30.3. The number of ether oxygens (including phenoxy) is 1. The van der Waals surface area contributed by atoms with Crippen molar-refractivity contribution in [1.82, 2.24) is 24.1 Å². The Balaban J connectivity index is 1.57. The molecule has 4 heterocycles. The van der Waals surface area contributed by atoms with E-state index >= 15 is 0 Å². The highest BCUT2D eigenvalue weighted by atomic mass is 16.5. The summed E-state index contributed by atoms with van der Waals surface area (Å²) in [5, 5.41) is 5.12. The van der Waals surface area contributed by atoms with Gasteiger partial charge in [-0.3, -0.25) is 4.79 Å². The van der Waals surface area contributed by atoms with Crippen LogP contribution >= 0.6 is 0 Å². The lowest BCUT2D eigenvalue weighted by Crippen LogP contribution is -2.40. The number of aromatic nitrogens is 5. The van der Waals surface area contributed by atoms with Gasteiger partial charge < -0.3 is 14.2 Å². The molecule has 3 aromatic heterocycles. The van der Waals surface area contributed by atoms with Crippen LogP contribution in [-0.4, -0.2) is 50.3 Å². The highest BCUT2D eigenvalue weighted by molar-refractivity contribution is 5.77. The highest BCUT2D eigenvalue weighted by Gasteiger charge is 2.32. The number of imidazole rings is 1. The number of hydrogen-bond acceptors (Lipinski definition) is 6. The lowest BCUT2D eigenvalue weighted by molar-refractivity contribution is -0.139. The van der Waals surface area contributed by atoms with E-state index in [1.54, 1.807) is 0 Å². The zero-order valence-electron chi connectivity index (χ0n) is 26.3.